The Bertz CT molecular complexity index is 484. The number of alkyl halides is 6. The van der Waals surface area contributed by atoms with Crippen molar-refractivity contribution in [2.75, 3.05) is 16.9 Å². The lowest BCUT2D eigenvalue weighted by atomic mass is 10.1. The lowest BCUT2D eigenvalue weighted by molar-refractivity contribution is -0.142. The van der Waals surface area contributed by atoms with Crippen molar-refractivity contribution < 1.29 is 26.3 Å². The van der Waals surface area contributed by atoms with Crippen molar-refractivity contribution in [2.45, 2.75) is 45.0 Å². The molecule has 0 spiro atoms. The van der Waals surface area contributed by atoms with Gasteiger partial charge in [0.2, 0.25) is 0 Å². The zero-order chi connectivity index (χ0) is 17.5. The van der Waals surface area contributed by atoms with Gasteiger partial charge >= 0.3 is 12.4 Å². The molecule has 1 N–H and O–H groups in total. The first kappa shape index (κ1) is 20.0. The van der Waals surface area contributed by atoms with Crippen LogP contribution in [0.3, 0.4) is 0 Å². The summed E-state index contributed by atoms with van der Waals surface area (Å²) in [5.74, 6) is 1.02. The molecule has 0 aliphatic heterocycles. The Kier molecular flexibility index (Phi) is 7.57. The summed E-state index contributed by atoms with van der Waals surface area (Å²) in [6.45, 7) is 2.08. The lowest BCUT2D eigenvalue weighted by Crippen LogP contribution is -2.14. The Morgan fingerprint density at radius 3 is 2.22 bits per heavy atom. The standard InChI is InChI=1S/C15H19F6NS/c1-2-3-4-5-8-23-10-22-13-7-6-11(14(16,17)18)9-12(13)15(19,20)21/h6-7,9,22H,2-5,8,10H2,1H3. The van der Waals surface area contributed by atoms with Crippen molar-refractivity contribution in [3.63, 3.8) is 0 Å². The van der Waals surface area contributed by atoms with Gasteiger partial charge in [0.25, 0.3) is 0 Å². The van der Waals surface area contributed by atoms with Crippen LogP contribution in [0, 0.1) is 0 Å². The van der Waals surface area contributed by atoms with Gasteiger partial charge in [-0.15, -0.1) is 11.8 Å². The molecule has 0 saturated carbocycles. The molecule has 0 fully saturated rings. The van der Waals surface area contributed by atoms with Gasteiger partial charge in [0, 0.05) is 5.69 Å². The number of thioether (sulfide) groups is 1. The van der Waals surface area contributed by atoms with Crippen LogP contribution in [0.4, 0.5) is 32.0 Å². The molecule has 1 nitrogen and oxygen atoms in total. The van der Waals surface area contributed by atoms with Gasteiger partial charge in [-0.25, -0.2) is 0 Å². The first-order chi connectivity index (χ1) is 10.7. The van der Waals surface area contributed by atoms with E-state index in [9.17, 15) is 26.3 Å². The third kappa shape index (κ3) is 6.93. The van der Waals surface area contributed by atoms with Crippen molar-refractivity contribution in [1.82, 2.24) is 0 Å². The maximum Gasteiger partial charge on any atom is 0.418 e. The number of rotatable bonds is 8. The molecule has 0 bridgehead atoms. The summed E-state index contributed by atoms with van der Waals surface area (Å²) in [7, 11) is 0. The molecule has 0 atom stereocenters. The predicted octanol–water partition coefficient (Wildman–Crippen LogP) is 6.41. The van der Waals surface area contributed by atoms with E-state index in [1.807, 2.05) is 0 Å². The van der Waals surface area contributed by atoms with Gasteiger partial charge in [0.05, 0.1) is 17.0 Å². The lowest BCUT2D eigenvalue weighted by Gasteiger charge is -2.17. The molecule has 0 aliphatic rings. The molecule has 0 aliphatic carbocycles. The summed E-state index contributed by atoms with van der Waals surface area (Å²) in [6, 6.07) is 1.64. The summed E-state index contributed by atoms with van der Waals surface area (Å²) in [5, 5.41) is 2.56. The maximum atomic E-state index is 12.9. The van der Waals surface area contributed by atoms with Crippen LogP contribution in [-0.2, 0) is 12.4 Å². The number of anilines is 1. The smallest absolute Gasteiger partial charge is 0.376 e. The Morgan fingerprint density at radius 2 is 1.65 bits per heavy atom. The Hall–Kier alpha value is -1.05. The van der Waals surface area contributed by atoms with Crippen molar-refractivity contribution in [1.29, 1.82) is 0 Å². The van der Waals surface area contributed by atoms with Crippen molar-refractivity contribution in [2.24, 2.45) is 0 Å². The second-order valence-corrected chi connectivity index (χ2v) is 6.15. The molecule has 0 saturated heterocycles. The molecule has 1 aromatic carbocycles. The van der Waals surface area contributed by atoms with E-state index in [1.54, 1.807) is 0 Å². The van der Waals surface area contributed by atoms with Crippen LogP contribution in [0.5, 0.6) is 0 Å². The van der Waals surface area contributed by atoms with Crippen LogP contribution in [0.1, 0.15) is 43.7 Å². The van der Waals surface area contributed by atoms with E-state index in [-0.39, 0.29) is 17.6 Å². The van der Waals surface area contributed by atoms with Gasteiger partial charge in [-0.2, -0.15) is 26.3 Å². The molecule has 0 amide bonds. The van der Waals surface area contributed by atoms with E-state index in [2.05, 4.69) is 12.2 Å². The molecule has 8 heteroatoms. The molecule has 132 valence electrons. The number of unbranched alkanes of at least 4 members (excludes halogenated alkanes) is 3. The van der Waals surface area contributed by atoms with Crippen LogP contribution < -0.4 is 5.32 Å². The summed E-state index contributed by atoms with van der Waals surface area (Å²) in [5.41, 5.74) is -2.92. The zero-order valence-corrected chi connectivity index (χ0v) is 13.5. The van der Waals surface area contributed by atoms with E-state index in [0.29, 0.717) is 6.07 Å². The summed E-state index contributed by atoms with van der Waals surface area (Å²) >= 11 is 1.43. The molecule has 1 rings (SSSR count). The first-order valence-electron chi connectivity index (χ1n) is 7.26. The fourth-order valence-corrected chi connectivity index (χ4v) is 2.75. The maximum absolute atomic E-state index is 12.9. The van der Waals surface area contributed by atoms with Gasteiger partial charge in [-0.3, -0.25) is 0 Å². The number of hydrogen-bond donors (Lipinski definition) is 1. The molecular weight excluding hydrogens is 340 g/mol. The first-order valence-corrected chi connectivity index (χ1v) is 8.41. The van der Waals surface area contributed by atoms with Gasteiger partial charge in [-0.05, 0) is 30.4 Å². The molecule has 1 aromatic rings. The van der Waals surface area contributed by atoms with E-state index in [1.165, 1.54) is 11.8 Å². The minimum absolute atomic E-state index is 0.147. The molecule has 0 unspecified atom stereocenters. The van der Waals surface area contributed by atoms with Crippen molar-refractivity contribution in [3.8, 4) is 0 Å². The van der Waals surface area contributed by atoms with E-state index in [0.717, 1.165) is 37.5 Å². The normalized spacial score (nSPS) is 12.5. The minimum Gasteiger partial charge on any atom is -0.376 e. The molecular formula is C15H19F6NS. The number of halogens is 6. The van der Waals surface area contributed by atoms with Crippen molar-refractivity contribution >= 4 is 17.4 Å². The molecule has 0 aromatic heterocycles. The molecule has 23 heavy (non-hydrogen) atoms. The topological polar surface area (TPSA) is 12.0 Å². The SMILES string of the molecule is CCCCCCSCNc1ccc(C(F)(F)F)cc1C(F)(F)F. The highest BCUT2D eigenvalue weighted by atomic mass is 32.2. The molecule has 0 heterocycles. The van der Waals surface area contributed by atoms with Crippen molar-refractivity contribution in [3.05, 3.63) is 29.3 Å². The summed E-state index contributed by atoms with van der Waals surface area (Å²) in [6.07, 6.45) is -5.38. The predicted molar refractivity (Wildman–Crippen MR) is 81.5 cm³/mol. The Labute approximate surface area is 135 Å². The average molecular weight is 359 g/mol. The van der Waals surface area contributed by atoms with Crippen LogP contribution in [0.25, 0.3) is 0 Å². The number of nitrogens with one attached hydrogen (secondary N) is 1. The van der Waals surface area contributed by atoms with E-state index >= 15 is 0 Å². The Balaban J connectivity index is 2.67. The fraction of sp³-hybridized carbons (Fsp3) is 0.600. The highest BCUT2D eigenvalue weighted by molar-refractivity contribution is 7.99. The van der Waals surface area contributed by atoms with E-state index < -0.39 is 23.5 Å². The monoisotopic (exact) mass is 359 g/mol. The van der Waals surface area contributed by atoms with Gasteiger partial charge < -0.3 is 5.32 Å². The second-order valence-electron chi connectivity index (χ2n) is 5.05. The quantitative estimate of drug-likeness (QED) is 0.327. The van der Waals surface area contributed by atoms with Gasteiger partial charge in [-0.1, -0.05) is 26.2 Å². The minimum atomic E-state index is -4.84. The Morgan fingerprint density at radius 1 is 0.957 bits per heavy atom. The zero-order valence-electron chi connectivity index (χ0n) is 12.7. The van der Waals surface area contributed by atoms with E-state index in [4.69, 9.17) is 0 Å². The number of hydrogen-bond acceptors (Lipinski definition) is 2. The van der Waals surface area contributed by atoms with Crippen LogP contribution in [0.15, 0.2) is 18.2 Å². The van der Waals surface area contributed by atoms with Crippen LogP contribution in [-0.4, -0.2) is 11.6 Å². The van der Waals surface area contributed by atoms with Crippen LogP contribution >= 0.6 is 11.8 Å². The fourth-order valence-electron chi connectivity index (χ4n) is 1.94. The largest absolute Gasteiger partial charge is 0.418 e. The summed E-state index contributed by atoms with van der Waals surface area (Å²) < 4.78 is 76.4. The third-order valence-electron chi connectivity index (χ3n) is 3.16. The second kappa shape index (κ2) is 8.70. The summed E-state index contributed by atoms with van der Waals surface area (Å²) in [4.78, 5) is 0. The third-order valence-corrected chi connectivity index (χ3v) is 4.09. The number of benzene rings is 1. The average Bonchev–Trinajstić information content (AvgIpc) is 2.44. The highest BCUT2D eigenvalue weighted by Gasteiger charge is 2.38. The van der Waals surface area contributed by atoms with Crippen LogP contribution in [0.2, 0.25) is 0 Å². The van der Waals surface area contributed by atoms with Gasteiger partial charge in [0.1, 0.15) is 0 Å². The molecule has 0 radical (unpaired) electrons. The highest BCUT2D eigenvalue weighted by Crippen LogP contribution is 2.39. The van der Waals surface area contributed by atoms with Gasteiger partial charge in [0.15, 0.2) is 0 Å².